The van der Waals surface area contributed by atoms with Gasteiger partial charge in [-0.3, -0.25) is 4.79 Å². The molecular weight excluding hydrogens is 378 g/mol. The molecule has 0 aliphatic carbocycles. The molecule has 6 nitrogen and oxygen atoms in total. The number of pyridine rings is 1. The Kier molecular flexibility index (Phi) is 6.84. The summed E-state index contributed by atoms with van der Waals surface area (Å²) >= 11 is 0. The lowest BCUT2D eigenvalue weighted by molar-refractivity contribution is -0.111. The normalized spacial score (nSPS) is 10.5. The molecule has 30 heavy (non-hydrogen) atoms. The summed E-state index contributed by atoms with van der Waals surface area (Å²) in [5.74, 6) is 1.85. The highest BCUT2D eigenvalue weighted by Gasteiger charge is 2.05. The smallest absolute Gasteiger partial charge is 0.247 e. The van der Waals surface area contributed by atoms with Crippen molar-refractivity contribution in [3.8, 4) is 11.5 Å². The molecule has 0 atom stereocenters. The van der Waals surface area contributed by atoms with Gasteiger partial charge in [-0.2, -0.15) is 0 Å². The first kappa shape index (κ1) is 20.7. The summed E-state index contributed by atoms with van der Waals surface area (Å²) in [5.41, 5.74) is 3.29. The molecule has 6 heteroatoms. The second-order valence-corrected chi connectivity index (χ2v) is 6.32. The summed E-state index contributed by atoms with van der Waals surface area (Å²) in [7, 11) is 3.25. The molecular formula is C24H23N3O3. The highest BCUT2D eigenvalue weighted by atomic mass is 16.5. The van der Waals surface area contributed by atoms with Gasteiger partial charge in [-0.15, -0.1) is 0 Å². The fraction of sp³-hybridized carbons (Fsp3) is 0.0833. The summed E-state index contributed by atoms with van der Waals surface area (Å²) < 4.78 is 10.6. The minimum atomic E-state index is -0.271. The number of hydrogen-bond donors (Lipinski definition) is 2. The van der Waals surface area contributed by atoms with Gasteiger partial charge in [0.15, 0.2) is 0 Å². The zero-order chi connectivity index (χ0) is 21.3. The molecule has 0 radical (unpaired) electrons. The highest BCUT2D eigenvalue weighted by Crippen LogP contribution is 2.25. The van der Waals surface area contributed by atoms with Gasteiger partial charge in [-0.05, 0) is 53.6 Å². The number of methoxy groups -OCH3 is 2. The number of para-hydroxylation sites is 2. The van der Waals surface area contributed by atoms with Crippen LogP contribution >= 0.6 is 0 Å². The Morgan fingerprint density at radius 3 is 2.20 bits per heavy atom. The maximum atomic E-state index is 11.6. The van der Waals surface area contributed by atoms with Crippen LogP contribution in [0.25, 0.3) is 12.2 Å². The van der Waals surface area contributed by atoms with Gasteiger partial charge >= 0.3 is 0 Å². The van der Waals surface area contributed by atoms with E-state index in [1.807, 2.05) is 66.7 Å². The molecule has 0 bridgehead atoms. The predicted octanol–water partition coefficient (Wildman–Crippen LogP) is 5.14. The average molecular weight is 401 g/mol. The van der Waals surface area contributed by atoms with Crippen molar-refractivity contribution in [1.82, 2.24) is 4.98 Å². The van der Waals surface area contributed by atoms with Crippen LogP contribution in [0.15, 0.2) is 73.4 Å². The number of carbonyl (C=O) groups is 1. The lowest BCUT2D eigenvalue weighted by atomic mass is 10.1. The van der Waals surface area contributed by atoms with Crippen molar-refractivity contribution in [2.75, 3.05) is 24.9 Å². The van der Waals surface area contributed by atoms with Crippen LogP contribution in [0.2, 0.25) is 0 Å². The van der Waals surface area contributed by atoms with E-state index >= 15 is 0 Å². The highest BCUT2D eigenvalue weighted by molar-refractivity contribution is 6.01. The number of amides is 1. The fourth-order valence-electron chi connectivity index (χ4n) is 2.72. The van der Waals surface area contributed by atoms with Crippen molar-refractivity contribution < 1.29 is 14.3 Å². The van der Waals surface area contributed by atoms with Crippen LogP contribution in [0.4, 0.5) is 17.2 Å². The number of aromatic nitrogens is 1. The van der Waals surface area contributed by atoms with Crippen LogP contribution in [-0.2, 0) is 4.79 Å². The van der Waals surface area contributed by atoms with E-state index in [0.29, 0.717) is 11.5 Å². The van der Waals surface area contributed by atoms with Crippen molar-refractivity contribution in [1.29, 1.82) is 0 Å². The van der Waals surface area contributed by atoms with E-state index < -0.39 is 0 Å². The van der Waals surface area contributed by atoms with E-state index in [9.17, 15) is 4.79 Å². The van der Waals surface area contributed by atoms with Gasteiger partial charge in [0.05, 0.1) is 25.6 Å². The van der Waals surface area contributed by atoms with Crippen molar-refractivity contribution >= 4 is 35.3 Å². The topological polar surface area (TPSA) is 72.5 Å². The number of rotatable bonds is 8. The Labute approximate surface area is 175 Å². The lowest BCUT2D eigenvalue weighted by Crippen LogP contribution is -2.09. The summed E-state index contributed by atoms with van der Waals surface area (Å²) in [4.78, 5) is 16.1. The van der Waals surface area contributed by atoms with Crippen molar-refractivity contribution in [2.45, 2.75) is 0 Å². The molecule has 0 aliphatic heterocycles. The SMILES string of the molecule is C=CC(=O)Nc1ccccc1Nc1ccc(/C=C/c2cc(OC)cc(OC)c2)cn1. The third-order valence-corrected chi connectivity index (χ3v) is 4.26. The monoisotopic (exact) mass is 401 g/mol. The molecule has 1 heterocycles. The standard InChI is InChI=1S/C24H23N3O3/c1-4-24(28)27-22-8-6-5-7-21(22)26-23-12-11-17(16-25-23)9-10-18-13-19(29-2)15-20(14-18)30-3/h4-16H,1H2,2-3H3,(H,25,26)(H,27,28)/b10-9+. The van der Waals surface area contributed by atoms with Gasteiger partial charge in [0, 0.05) is 12.3 Å². The molecule has 0 saturated heterocycles. The van der Waals surface area contributed by atoms with E-state index in [1.54, 1.807) is 20.4 Å². The van der Waals surface area contributed by atoms with E-state index in [0.717, 1.165) is 28.3 Å². The second kappa shape index (κ2) is 9.93. The van der Waals surface area contributed by atoms with Crippen LogP contribution in [0.5, 0.6) is 11.5 Å². The molecule has 3 aromatic rings. The molecule has 3 rings (SSSR count). The molecule has 2 aromatic carbocycles. The van der Waals surface area contributed by atoms with E-state index in [1.165, 1.54) is 6.08 Å². The first-order valence-electron chi connectivity index (χ1n) is 9.28. The maximum Gasteiger partial charge on any atom is 0.247 e. The Bertz CT molecular complexity index is 1040. The van der Waals surface area contributed by atoms with Crippen LogP contribution in [0.3, 0.4) is 0 Å². The van der Waals surface area contributed by atoms with Crippen LogP contribution in [0.1, 0.15) is 11.1 Å². The molecule has 0 spiro atoms. The number of anilines is 3. The number of nitrogens with zero attached hydrogens (tertiary/aromatic N) is 1. The Balaban J connectivity index is 1.73. The summed E-state index contributed by atoms with van der Waals surface area (Å²) in [6, 6.07) is 16.9. The van der Waals surface area contributed by atoms with E-state index in [2.05, 4.69) is 22.2 Å². The minimum Gasteiger partial charge on any atom is -0.497 e. The predicted molar refractivity (Wildman–Crippen MR) is 121 cm³/mol. The summed E-state index contributed by atoms with van der Waals surface area (Å²) in [6.07, 6.45) is 6.92. The number of hydrogen-bond acceptors (Lipinski definition) is 5. The third kappa shape index (κ3) is 5.48. The van der Waals surface area contributed by atoms with Crippen LogP contribution in [0, 0.1) is 0 Å². The molecule has 2 N–H and O–H groups in total. The molecule has 152 valence electrons. The van der Waals surface area contributed by atoms with Crippen molar-refractivity contribution in [2.24, 2.45) is 0 Å². The average Bonchev–Trinajstić information content (AvgIpc) is 2.79. The Hall–Kier alpha value is -4.06. The zero-order valence-electron chi connectivity index (χ0n) is 16.9. The Morgan fingerprint density at radius 2 is 1.60 bits per heavy atom. The number of ether oxygens (including phenoxy) is 2. The van der Waals surface area contributed by atoms with Gasteiger partial charge in [-0.1, -0.05) is 30.9 Å². The summed E-state index contributed by atoms with van der Waals surface area (Å²) in [6.45, 7) is 3.47. The number of carbonyl (C=O) groups excluding carboxylic acids is 1. The van der Waals surface area contributed by atoms with Gasteiger partial charge in [0.25, 0.3) is 0 Å². The molecule has 1 amide bonds. The van der Waals surface area contributed by atoms with Gasteiger partial charge in [0.2, 0.25) is 5.91 Å². The van der Waals surface area contributed by atoms with Crippen LogP contribution < -0.4 is 20.1 Å². The second-order valence-electron chi connectivity index (χ2n) is 6.32. The number of benzene rings is 2. The largest absolute Gasteiger partial charge is 0.497 e. The molecule has 1 aromatic heterocycles. The van der Waals surface area contributed by atoms with Crippen molar-refractivity contribution in [3.05, 3.63) is 84.6 Å². The van der Waals surface area contributed by atoms with E-state index in [4.69, 9.17) is 9.47 Å². The third-order valence-electron chi connectivity index (χ3n) is 4.26. The van der Waals surface area contributed by atoms with Gasteiger partial charge < -0.3 is 20.1 Å². The Morgan fingerprint density at radius 1 is 0.933 bits per heavy atom. The van der Waals surface area contributed by atoms with Gasteiger partial charge in [-0.25, -0.2) is 4.98 Å². The van der Waals surface area contributed by atoms with Gasteiger partial charge in [0.1, 0.15) is 17.3 Å². The fourth-order valence-corrected chi connectivity index (χ4v) is 2.72. The van der Waals surface area contributed by atoms with Crippen molar-refractivity contribution in [3.63, 3.8) is 0 Å². The lowest BCUT2D eigenvalue weighted by Gasteiger charge is -2.11. The molecule has 0 saturated carbocycles. The first-order chi connectivity index (χ1) is 14.6. The van der Waals surface area contributed by atoms with Crippen LogP contribution in [-0.4, -0.2) is 25.1 Å². The zero-order valence-corrected chi connectivity index (χ0v) is 16.9. The minimum absolute atomic E-state index is 0.271. The van der Waals surface area contributed by atoms with E-state index in [-0.39, 0.29) is 5.91 Å². The molecule has 0 unspecified atom stereocenters. The number of nitrogens with one attached hydrogen (secondary N) is 2. The molecule has 0 fully saturated rings. The first-order valence-corrected chi connectivity index (χ1v) is 9.28. The quantitative estimate of drug-likeness (QED) is 0.512. The summed E-state index contributed by atoms with van der Waals surface area (Å²) in [5, 5.41) is 5.99. The maximum absolute atomic E-state index is 11.6. The molecule has 0 aliphatic rings.